The molecule has 2 rings (SSSR count). The number of anilines is 1. The van der Waals surface area contributed by atoms with Crippen molar-refractivity contribution in [2.24, 2.45) is 0 Å². The fourth-order valence-corrected chi connectivity index (χ4v) is 3.13. The van der Waals surface area contributed by atoms with Gasteiger partial charge in [0.2, 0.25) is 5.91 Å². The first-order valence-corrected chi connectivity index (χ1v) is 8.71. The molecule has 23 heavy (non-hydrogen) atoms. The summed E-state index contributed by atoms with van der Waals surface area (Å²) in [6.07, 6.45) is 1.77. The summed E-state index contributed by atoms with van der Waals surface area (Å²) in [5.41, 5.74) is 4.51. The van der Waals surface area contributed by atoms with E-state index in [0.29, 0.717) is 0 Å². The van der Waals surface area contributed by atoms with Crippen molar-refractivity contribution in [1.82, 2.24) is 0 Å². The highest BCUT2D eigenvalue weighted by Gasteiger charge is 2.26. The van der Waals surface area contributed by atoms with E-state index >= 15 is 0 Å². The Balaban J connectivity index is 2.58. The zero-order valence-electron chi connectivity index (χ0n) is 14.1. The van der Waals surface area contributed by atoms with Crippen LogP contribution in [0.5, 0.6) is 0 Å². The van der Waals surface area contributed by atoms with Gasteiger partial charge in [0.05, 0.1) is 11.7 Å². The van der Waals surface area contributed by atoms with E-state index in [0.717, 1.165) is 24.1 Å². The minimum atomic E-state index is -0.0568. The zero-order valence-corrected chi connectivity index (χ0v) is 14.8. The second-order valence-electron chi connectivity index (χ2n) is 5.62. The molecule has 2 aromatic rings. The zero-order chi connectivity index (χ0) is 16.8. The number of alkyl halides is 1. The number of hydrogen-bond acceptors (Lipinski definition) is 1. The minimum absolute atomic E-state index is 0.0155. The van der Waals surface area contributed by atoms with Crippen LogP contribution in [0.25, 0.3) is 0 Å². The van der Waals surface area contributed by atoms with Gasteiger partial charge in [-0.2, -0.15) is 0 Å². The Morgan fingerprint density at radius 1 is 1.00 bits per heavy atom. The van der Waals surface area contributed by atoms with Crippen LogP contribution >= 0.6 is 11.6 Å². The van der Waals surface area contributed by atoms with E-state index in [1.54, 1.807) is 0 Å². The predicted molar refractivity (Wildman–Crippen MR) is 98.3 cm³/mol. The lowest BCUT2D eigenvalue weighted by atomic mass is 9.98. The summed E-state index contributed by atoms with van der Waals surface area (Å²) in [5.74, 6) is -0.0723. The summed E-state index contributed by atoms with van der Waals surface area (Å²) in [7, 11) is 0. The van der Waals surface area contributed by atoms with E-state index in [1.165, 1.54) is 11.1 Å². The number of para-hydroxylation sites is 1. The Bertz CT molecular complexity index is 632. The molecule has 0 heterocycles. The minimum Gasteiger partial charge on any atom is -0.304 e. The van der Waals surface area contributed by atoms with Crippen molar-refractivity contribution in [1.29, 1.82) is 0 Å². The van der Waals surface area contributed by atoms with Crippen LogP contribution in [0.4, 0.5) is 5.69 Å². The molecule has 2 nitrogen and oxygen atoms in total. The van der Waals surface area contributed by atoms with E-state index in [9.17, 15) is 4.79 Å². The molecule has 1 amide bonds. The maximum absolute atomic E-state index is 12.7. The van der Waals surface area contributed by atoms with Crippen LogP contribution < -0.4 is 4.90 Å². The average Bonchev–Trinajstić information content (AvgIpc) is 2.62. The Kier molecular flexibility index (Phi) is 6.23. The van der Waals surface area contributed by atoms with Crippen molar-refractivity contribution in [3.63, 3.8) is 0 Å². The number of carbonyl (C=O) groups is 1. The van der Waals surface area contributed by atoms with Crippen LogP contribution in [0.15, 0.2) is 48.5 Å². The number of carbonyl (C=O) groups excluding carboxylic acids is 1. The maximum atomic E-state index is 12.7. The first-order valence-electron chi connectivity index (χ1n) is 8.17. The molecule has 2 aromatic carbocycles. The Morgan fingerprint density at radius 2 is 1.57 bits per heavy atom. The van der Waals surface area contributed by atoms with E-state index in [-0.39, 0.29) is 17.8 Å². The lowest BCUT2D eigenvalue weighted by Gasteiger charge is -2.32. The first-order chi connectivity index (χ1) is 11.1. The van der Waals surface area contributed by atoms with Gasteiger partial charge in [0.1, 0.15) is 5.88 Å². The van der Waals surface area contributed by atoms with E-state index < -0.39 is 0 Å². The molecule has 0 saturated carbocycles. The molecule has 0 aliphatic carbocycles. The summed E-state index contributed by atoms with van der Waals surface area (Å²) >= 11 is 5.93. The molecular formula is C20H24ClNO. The van der Waals surface area contributed by atoms with Gasteiger partial charge in [0.25, 0.3) is 0 Å². The van der Waals surface area contributed by atoms with Crippen molar-refractivity contribution >= 4 is 23.2 Å². The molecule has 0 saturated heterocycles. The molecule has 1 atom stereocenters. The highest BCUT2D eigenvalue weighted by molar-refractivity contribution is 6.29. The average molecular weight is 330 g/mol. The van der Waals surface area contributed by atoms with Crippen LogP contribution in [-0.4, -0.2) is 11.8 Å². The summed E-state index contributed by atoms with van der Waals surface area (Å²) in [6.45, 7) is 6.30. The molecular weight excluding hydrogens is 306 g/mol. The molecule has 1 unspecified atom stereocenters. The predicted octanol–water partition coefficient (Wildman–Crippen LogP) is 5.14. The second-order valence-corrected chi connectivity index (χ2v) is 5.88. The number of aryl methyl sites for hydroxylation is 2. The lowest BCUT2D eigenvalue weighted by molar-refractivity contribution is -0.116. The molecule has 3 heteroatoms. The van der Waals surface area contributed by atoms with Crippen molar-refractivity contribution in [2.45, 2.75) is 39.7 Å². The fourth-order valence-electron chi connectivity index (χ4n) is 3.00. The number of amides is 1. The molecule has 122 valence electrons. The van der Waals surface area contributed by atoms with E-state index in [1.807, 2.05) is 23.1 Å². The number of benzene rings is 2. The van der Waals surface area contributed by atoms with Crippen molar-refractivity contribution in [3.05, 3.63) is 65.2 Å². The van der Waals surface area contributed by atoms with Crippen LogP contribution in [-0.2, 0) is 17.6 Å². The third-order valence-corrected chi connectivity index (χ3v) is 4.49. The smallest absolute Gasteiger partial charge is 0.242 e. The SMILES string of the molecule is CCc1cccc(CC)c1N(C(=O)CCl)C(C)c1ccccc1. The van der Waals surface area contributed by atoms with Crippen LogP contribution in [0, 0.1) is 0 Å². The summed E-state index contributed by atoms with van der Waals surface area (Å²) in [4.78, 5) is 14.5. The van der Waals surface area contributed by atoms with E-state index in [2.05, 4.69) is 51.1 Å². The van der Waals surface area contributed by atoms with E-state index in [4.69, 9.17) is 11.6 Å². The molecule has 0 radical (unpaired) electrons. The first kappa shape index (κ1) is 17.6. The van der Waals surface area contributed by atoms with Crippen LogP contribution in [0.2, 0.25) is 0 Å². The number of halogens is 1. The Hall–Kier alpha value is -1.80. The maximum Gasteiger partial charge on any atom is 0.242 e. The second kappa shape index (κ2) is 8.16. The highest BCUT2D eigenvalue weighted by atomic mass is 35.5. The monoisotopic (exact) mass is 329 g/mol. The quantitative estimate of drug-likeness (QED) is 0.671. The molecule has 0 N–H and O–H groups in total. The summed E-state index contributed by atoms with van der Waals surface area (Å²) in [5, 5.41) is 0. The highest BCUT2D eigenvalue weighted by Crippen LogP contribution is 2.34. The van der Waals surface area contributed by atoms with Gasteiger partial charge in [-0.05, 0) is 36.5 Å². The van der Waals surface area contributed by atoms with Crippen molar-refractivity contribution in [3.8, 4) is 0 Å². The lowest BCUT2D eigenvalue weighted by Crippen LogP contribution is -2.36. The molecule has 0 bridgehead atoms. The Morgan fingerprint density at radius 3 is 2.04 bits per heavy atom. The van der Waals surface area contributed by atoms with Crippen LogP contribution in [0.3, 0.4) is 0 Å². The van der Waals surface area contributed by atoms with Gasteiger partial charge in [-0.3, -0.25) is 4.79 Å². The standard InChI is InChI=1S/C20H24ClNO/c1-4-16-12-9-13-17(5-2)20(16)22(19(23)14-21)15(3)18-10-7-6-8-11-18/h6-13,15H,4-5,14H2,1-3H3. The molecule has 0 spiro atoms. The van der Waals surface area contributed by atoms with Crippen LogP contribution in [0.1, 0.15) is 43.5 Å². The third kappa shape index (κ3) is 3.76. The summed E-state index contributed by atoms with van der Waals surface area (Å²) in [6, 6.07) is 16.3. The largest absolute Gasteiger partial charge is 0.304 e. The topological polar surface area (TPSA) is 20.3 Å². The molecule has 0 fully saturated rings. The van der Waals surface area contributed by atoms with Gasteiger partial charge in [0.15, 0.2) is 0 Å². The molecule has 0 aromatic heterocycles. The third-order valence-electron chi connectivity index (χ3n) is 4.26. The van der Waals surface area contributed by atoms with Gasteiger partial charge < -0.3 is 4.90 Å². The number of rotatable bonds is 6. The van der Waals surface area contributed by atoms with Gasteiger partial charge in [-0.15, -0.1) is 11.6 Å². The molecule has 0 aliphatic rings. The molecule has 0 aliphatic heterocycles. The number of hydrogen-bond donors (Lipinski definition) is 0. The fraction of sp³-hybridized carbons (Fsp3) is 0.350. The van der Waals surface area contributed by atoms with Gasteiger partial charge in [-0.25, -0.2) is 0 Å². The number of nitrogens with zero attached hydrogens (tertiary/aromatic N) is 1. The summed E-state index contributed by atoms with van der Waals surface area (Å²) < 4.78 is 0. The normalized spacial score (nSPS) is 12.0. The van der Waals surface area contributed by atoms with Crippen molar-refractivity contribution < 1.29 is 4.79 Å². The van der Waals surface area contributed by atoms with Gasteiger partial charge >= 0.3 is 0 Å². The Labute approximate surface area is 144 Å². The van der Waals surface area contributed by atoms with Crippen molar-refractivity contribution in [2.75, 3.05) is 10.8 Å². The van der Waals surface area contributed by atoms with Gasteiger partial charge in [0, 0.05) is 0 Å². The van der Waals surface area contributed by atoms with Gasteiger partial charge in [-0.1, -0.05) is 62.4 Å².